The van der Waals surface area contributed by atoms with Gasteiger partial charge in [0.1, 0.15) is 6.54 Å². The fourth-order valence-electron chi connectivity index (χ4n) is 1.96. The lowest BCUT2D eigenvalue weighted by Crippen LogP contribution is -2.35. The highest BCUT2D eigenvalue weighted by atomic mass is 16.2. The molecule has 0 saturated heterocycles. The molecule has 3 N–H and O–H groups in total. The van der Waals surface area contributed by atoms with Gasteiger partial charge in [0.2, 0.25) is 5.91 Å². The third-order valence-corrected chi connectivity index (χ3v) is 2.68. The highest BCUT2D eigenvalue weighted by Gasteiger charge is 2.17. The van der Waals surface area contributed by atoms with Crippen LogP contribution in [0.3, 0.4) is 0 Å². The van der Waals surface area contributed by atoms with Crippen molar-refractivity contribution in [2.45, 2.75) is 38.3 Å². The molecule has 15 heavy (non-hydrogen) atoms. The Kier molecular flexibility index (Phi) is 2.89. The molecule has 1 aliphatic rings. The summed E-state index contributed by atoms with van der Waals surface area (Å²) in [5.41, 5.74) is 6.09. The molecule has 1 heterocycles. The van der Waals surface area contributed by atoms with Gasteiger partial charge in [-0.15, -0.1) is 0 Å². The fraction of sp³-hybridized carbons (Fsp3) is 0.600. The van der Waals surface area contributed by atoms with Crippen molar-refractivity contribution in [2.75, 3.05) is 5.73 Å². The molecule has 1 aromatic heterocycles. The molecule has 0 bridgehead atoms. The number of hydrogen-bond donors (Lipinski definition) is 2. The molecular formula is C10H16N4O. The van der Waals surface area contributed by atoms with Crippen LogP contribution in [-0.4, -0.2) is 21.7 Å². The monoisotopic (exact) mass is 208 g/mol. The number of carbonyl (C=O) groups excluding carboxylic acids is 1. The van der Waals surface area contributed by atoms with E-state index in [0.29, 0.717) is 11.7 Å². The topological polar surface area (TPSA) is 72.9 Å². The standard InChI is InChI=1S/C10H16N4O/c11-8-5-12-14(6-8)7-10(15)13-9-3-1-2-4-9/h5-6,9H,1-4,7,11H2,(H,13,15). The molecule has 0 unspecified atom stereocenters. The average molecular weight is 208 g/mol. The molecule has 82 valence electrons. The molecule has 1 saturated carbocycles. The van der Waals surface area contributed by atoms with Gasteiger partial charge in [0.25, 0.3) is 0 Å². The van der Waals surface area contributed by atoms with E-state index >= 15 is 0 Å². The maximum absolute atomic E-state index is 11.6. The van der Waals surface area contributed by atoms with E-state index < -0.39 is 0 Å². The third kappa shape index (κ3) is 2.71. The minimum Gasteiger partial charge on any atom is -0.396 e. The van der Waals surface area contributed by atoms with Gasteiger partial charge in [-0.3, -0.25) is 9.48 Å². The van der Waals surface area contributed by atoms with Crippen molar-refractivity contribution in [3.05, 3.63) is 12.4 Å². The molecule has 1 aromatic rings. The van der Waals surface area contributed by atoms with Crippen LogP contribution in [-0.2, 0) is 11.3 Å². The number of carbonyl (C=O) groups is 1. The average Bonchev–Trinajstić information content (AvgIpc) is 2.77. The maximum Gasteiger partial charge on any atom is 0.241 e. The van der Waals surface area contributed by atoms with Crippen molar-refractivity contribution < 1.29 is 4.79 Å². The second kappa shape index (κ2) is 4.33. The summed E-state index contributed by atoms with van der Waals surface area (Å²) in [6.07, 6.45) is 7.86. The van der Waals surface area contributed by atoms with E-state index in [0.717, 1.165) is 12.8 Å². The highest BCUT2D eigenvalue weighted by Crippen LogP contribution is 2.17. The lowest BCUT2D eigenvalue weighted by atomic mass is 10.2. The number of nitrogens with one attached hydrogen (secondary N) is 1. The number of anilines is 1. The van der Waals surface area contributed by atoms with E-state index in [1.807, 2.05) is 0 Å². The predicted molar refractivity (Wildman–Crippen MR) is 57.0 cm³/mol. The minimum absolute atomic E-state index is 0.0185. The zero-order valence-corrected chi connectivity index (χ0v) is 8.65. The summed E-state index contributed by atoms with van der Waals surface area (Å²) in [5, 5.41) is 6.96. The zero-order chi connectivity index (χ0) is 10.7. The van der Waals surface area contributed by atoms with Crippen LogP contribution in [0.1, 0.15) is 25.7 Å². The van der Waals surface area contributed by atoms with Gasteiger partial charge in [-0.05, 0) is 12.8 Å². The van der Waals surface area contributed by atoms with Gasteiger partial charge < -0.3 is 11.1 Å². The van der Waals surface area contributed by atoms with Crippen LogP contribution >= 0.6 is 0 Å². The number of amides is 1. The fourth-order valence-corrected chi connectivity index (χ4v) is 1.96. The van der Waals surface area contributed by atoms with E-state index in [-0.39, 0.29) is 12.5 Å². The first-order valence-corrected chi connectivity index (χ1v) is 5.31. The quantitative estimate of drug-likeness (QED) is 0.760. The summed E-state index contributed by atoms with van der Waals surface area (Å²) in [7, 11) is 0. The number of rotatable bonds is 3. The molecule has 1 fully saturated rings. The van der Waals surface area contributed by atoms with E-state index in [9.17, 15) is 4.79 Å². The SMILES string of the molecule is Nc1cnn(CC(=O)NC2CCCC2)c1. The van der Waals surface area contributed by atoms with Gasteiger partial charge in [-0.1, -0.05) is 12.8 Å². The molecule has 0 aliphatic heterocycles. The normalized spacial score (nSPS) is 16.8. The Bertz CT molecular complexity index is 341. The Morgan fingerprint density at radius 2 is 2.33 bits per heavy atom. The van der Waals surface area contributed by atoms with Gasteiger partial charge in [0.15, 0.2) is 0 Å². The zero-order valence-electron chi connectivity index (χ0n) is 8.65. The van der Waals surface area contributed by atoms with Crippen molar-refractivity contribution >= 4 is 11.6 Å². The molecule has 0 radical (unpaired) electrons. The summed E-state index contributed by atoms with van der Waals surface area (Å²) >= 11 is 0. The number of hydrogen-bond acceptors (Lipinski definition) is 3. The number of nitrogens with zero attached hydrogens (tertiary/aromatic N) is 2. The molecule has 0 atom stereocenters. The van der Waals surface area contributed by atoms with Crippen molar-refractivity contribution in [2.24, 2.45) is 0 Å². The van der Waals surface area contributed by atoms with Crippen molar-refractivity contribution in [3.8, 4) is 0 Å². The predicted octanol–water partition coefficient (Wildman–Crippen LogP) is 0.524. The first kappa shape index (κ1) is 10.0. The Balaban J connectivity index is 1.81. The van der Waals surface area contributed by atoms with Crippen LogP contribution in [0.4, 0.5) is 5.69 Å². The molecule has 5 heteroatoms. The molecule has 1 amide bonds. The summed E-state index contributed by atoms with van der Waals surface area (Å²) in [6.45, 7) is 0.258. The van der Waals surface area contributed by atoms with Crippen LogP contribution in [0.25, 0.3) is 0 Å². The summed E-state index contributed by atoms with van der Waals surface area (Å²) < 4.78 is 1.56. The Hall–Kier alpha value is -1.52. The summed E-state index contributed by atoms with van der Waals surface area (Å²) in [5.74, 6) is 0.0185. The highest BCUT2D eigenvalue weighted by molar-refractivity contribution is 5.76. The largest absolute Gasteiger partial charge is 0.396 e. The van der Waals surface area contributed by atoms with E-state index in [1.54, 1.807) is 17.1 Å². The Morgan fingerprint density at radius 3 is 2.93 bits per heavy atom. The van der Waals surface area contributed by atoms with Gasteiger partial charge in [-0.25, -0.2) is 0 Å². The molecule has 2 rings (SSSR count). The summed E-state index contributed by atoms with van der Waals surface area (Å²) in [4.78, 5) is 11.6. The van der Waals surface area contributed by atoms with Crippen LogP contribution in [0.15, 0.2) is 12.4 Å². The summed E-state index contributed by atoms with van der Waals surface area (Å²) in [6, 6.07) is 0.366. The Morgan fingerprint density at radius 1 is 1.60 bits per heavy atom. The van der Waals surface area contributed by atoms with Gasteiger partial charge in [-0.2, -0.15) is 5.10 Å². The molecule has 0 spiro atoms. The lowest BCUT2D eigenvalue weighted by Gasteiger charge is -2.11. The van der Waals surface area contributed by atoms with E-state index in [4.69, 9.17) is 5.73 Å². The number of aromatic nitrogens is 2. The van der Waals surface area contributed by atoms with E-state index in [1.165, 1.54) is 12.8 Å². The second-order valence-electron chi connectivity index (χ2n) is 4.02. The first-order valence-electron chi connectivity index (χ1n) is 5.31. The molecule has 5 nitrogen and oxygen atoms in total. The van der Waals surface area contributed by atoms with Crippen molar-refractivity contribution in [1.29, 1.82) is 0 Å². The van der Waals surface area contributed by atoms with E-state index in [2.05, 4.69) is 10.4 Å². The van der Waals surface area contributed by atoms with Crippen molar-refractivity contribution in [1.82, 2.24) is 15.1 Å². The Labute approximate surface area is 88.6 Å². The minimum atomic E-state index is 0.0185. The van der Waals surface area contributed by atoms with Crippen LogP contribution in [0.2, 0.25) is 0 Å². The maximum atomic E-state index is 11.6. The molecule has 1 aliphatic carbocycles. The number of nitrogen functional groups attached to an aromatic ring is 1. The third-order valence-electron chi connectivity index (χ3n) is 2.68. The smallest absolute Gasteiger partial charge is 0.241 e. The molecular weight excluding hydrogens is 192 g/mol. The molecule has 0 aromatic carbocycles. The lowest BCUT2D eigenvalue weighted by molar-refractivity contribution is -0.122. The van der Waals surface area contributed by atoms with Crippen LogP contribution in [0.5, 0.6) is 0 Å². The number of nitrogens with two attached hydrogens (primary N) is 1. The van der Waals surface area contributed by atoms with Gasteiger partial charge in [0.05, 0.1) is 11.9 Å². The van der Waals surface area contributed by atoms with Crippen molar-refractivity contribution in [3.63, 3.8) is 0 Å². The van der Waals surface area contributed by atoms with Crippen LogP contribution < -0.4 is 11.1 Å². The van der Waals surface area contributed by atoms with Crippen LogP contribution in [0, 0.1) is 0 Å². The van der Waals surface area contributed by atoms with Gasteiger partial charge >= 0.3 is 0 Å². The first-order chi connectivity index (χ1) is 7.24. The van der Waals surface area contributed by atoms with Gasteiger partial charge in [0, 0.05) is 12.2 Å². The second-order valence-corrected chi connectivity index (χ2v) is 4.02.